The Kier molecular flexibility index (Phi) is 3.97. The number of amides is 4. The molecule has 1 aromatic heterocycles. The van der Waals surface area contributed by atoms with Gasteiger partial charge in [-0.2, -0.15) is 5.10 Å². The van der Waals surface area contributed by atoms with Crippen molar-refractivity contribution in [2.75, 3.05) is 0 Å². The lowest BCUT2D eigenvalue weighted by atomic mass is 10.1. The Morgan fingerprint density at radius 1 is 1.43 bits per heavy atom. The summed E-state index contributed by atoms with van der Waals surface area (Å²) in [5.74, 6) is -0.774. The monoisotopic (exact) mass is 293 g/mol. The number of nitrogens with zero attached hydrogens (tertiary/aromatic N) is 2. The average Bonchev–Trinajstić information content (AvgIpc) is 2.79. The summed E-state index contributed by atoms with van der Waals surface area (Å²) in [6, 6.07) is -1.59. The molecule has 0 aromatic carbocycles. The molecule has 114 valence electrons. The molecule has 0 unspecified atom stereocenters. The van der Waals surface area contributed by atoms with Gasteiger partial charge in [-0.3, -0.25) is 19.6 Å². The minimum absolute atomic E-state index is 0.0831. The van der Waals surface area contributed by atoms with Gasteiger partial charge in [0, 0.05) is 18.3 Å². The van der Waals surface area contributed by atoms with Crippen LogP contribution in [0.2, 0.25) is 0 Å². The van der Waals surface area contributed by atoms with Gasteiger partial charge in [0.25, 0.3) is 5.91 Å². The summed E-state index contributed by atoms with van der Waals surface area (Å²) < 4.78 is 1.76. The van der Waals surface area contributed by atoms with Gasteiger partial charge in [0.15, 0.2) is 0 Å². The van der Waals surface area contributed by atoms with Gasteiger partial charge < -0.3 is 10.6 Å². The second-order valence-corrected chi connectivity index (χ2v) is 5.22. The number of hydrogen-bond donors (Lipinski definition) is 3. The molecule has 0 bridgehead atoms. The fraction of sp³-hybridized carbons (Fsp3) is 0.538. The van der Waals surface area contributed by atoms with Crippen molar-refractivity contribution in [3.63, 3.8) is 0 Å². The zero-order valence-electron chi connectivity index (χ0n) is 12.5. The van der Waals surface area contributed by atoms with Gasteiger partial charge in [0.2, 0.25) is 5.91 Å². The van der Waals surface area contributed by atoms with E-state index in [0.29, 0.717) is 0 Å². The standard InChI is InChI=1S/C13H19N5O3/c1-6(11-7(2)17-18(4)8(11)3)14-10(19)5-9-12(20)16-13(21)15-9/h6,9H,5H2,1-4H3,(H,14,19)(H2,15,16,20,21)/t6-,9+/m1/s1. The van der Waals surface area contributed by atoms with Crippen LogP contribution in [0.25, 0.3) is 0 Å². The normalized spacial score (nSPS) is 19.1. The van der Waals surface area contributed by atoms with Gasteiger partial charge in [0.1, 0.15) is 6.04 Å². The molecule has 8 nitrogen and oxygen atoms in total. The van der Waals surface area contributed by atoms with E-state index in [9.17, 15) is 14.4 Å². The van der Waals surface area contributed by atoms with E-state index in [1.165, 1.54) is 0 Å². The molecule has 0 aliphatic carbocycles. The minimum Gasteiger partial charge on any atom is -0.349 e. The first-order valence-corrected chi connectivity index (χ1v) is 6.70. The Bertz CT molecular complexity index is 607. The molecule has 4 amide bonds. The second kappa shape index (κ2) is 5.55. The van der Waals surface area contributed by atoms with Crippen LogP contribution < -0.4 is 16.0 Å². The van der Waals surface area contributed by atoms with Crippen LogP contribution in [0, 0.1) is 13.8 Å². The zero-order valence-corrected chi connectivity index (χ0v) is 12.5. The fourth-order valence-corrected chi connectivity index (χ4v) is 2.58. The van der Waals surface area contributed by atoms with E-state index in [4.69, 9.17) is 0 Å². The van der Waals surface area contributed by atoms with E-state index >= 15 is 0 Å². The molecule has 2 rings (SSSR count). The predicted octanol–water partition coefficient (Wildman–Crippen LogP) is -0.188. The van der Waals surface area contributed by atoms with E-state index < -0.39 is 18.0 Å². The van der Waals surface area contributed by atoms with Gasteiger partial charge in [-0.25, -0.2) is 4.79 Å². The maximum absolute atomic E-state index is 12.0. The quantitative estimate of drug-likeness (QED) is 0.669. The van der Waals surface area contributed by atoms with Crippen molar-refractivity contribution in [3.8, 4) is 0 Å². The van der Waals surface area contributed by atoms with Crippen molar-refractivity contribution in [1.82, 2.24) is 25.7 Å². The molecule has 1 aromatic rings. The van der Waals surface area contributed by atoms with Crippen LogP contribution in [0.15, 0.2) is 0 Å². The van der Waals surface area contributed by atoms with Gasteiger partial charge in [0.05, 0.1) is 18.2 Å². The summed E-state index contributed by atoms with van der Waals surface area (Å²) in [4.78, 5) is 34.4. The van der Waals surface area contributed by atoms with Crippen molar-refractivity contribution in [3.05, 3.63) is 17.0 Å². The highest BCUT2D eigenvalue weighted by molar-refractivity contribution is 6.05. The zero-order chi connectivity index (χ0) is 15.7. The molecule has 0 radical (unpaired) electrons. The molecule has 0 saturated carbocycles. The molecular weight excluding hydrogens is 274 g/mol. The van der Waals surface area contributed by atoms with E-state index in [2.05, 4.69) is 21.0 Å². The molecule has 1 aliphatic rings. The molecule has 3 N–H and O–H groups in total. The Morgan fingerprint density at radius 2 is 2.10 bits per heavy atom. The van der Waals surface area contributed by atoms with E-state index in [0.717, 1.165) is 17.0 Å². The van der Waals surface area contributed by atoms with Crippen LogP contribution in [0.3, 0.4) is 0 Å². The summed E-state index contributed by atoms with van der Waals surface area (Å²) in [5, 5.41) is 11.6. The van der Waals surface area contributed by atoms with Gasteiger partial charge in [-0.15, -0.1) is 0 Å². The Hall–Kier alpha value is -2.38. The smallest absolute Gasteiger partial charge is 0.322 e. The van der Waals surface area contributed by atoms with Gasteiger partial charge in [-0.1, -0.05) is 0 Å². The topological polar surface area (TPSA) is 105 Å². The first-order valence-electron chi connectivity index (χ1n) is 6.70. The SMILES string of the molecule is Cc1nn(C)c(C)c1[C@@H](C)NC(=O)C[C@@H]1NC(=O)NC1=O. The Labute approximate surface area is 122 Å². The van der Waals surface area contributed by atoms with Crippen LogP contribution >= 0.6 is 0 Å². The third-order valence-corrected chi connectivity index (χ3v) is 3.62. The number of urea groups is 1. The summed E-state index contributed by atoms with van der Waals surface area (Å²) in [5.41, 5.74) is 2.80. The molecule has 8 heteroatoms. The maximum atomic E-state index is 12.0. The number of hydrogen-bond acceptors (Lipinski definition) is 4. The fourth-order valence-electron chi connectivity index (χ4n) is 2.58. The molecule has 2 atom stereocenters. The highest BCUT2D eigenvalue weighted by Gasteiger charge is 2.31. The molecule has 21 heavy (non-hydrogen) atoms. The molecular formula is C13H19N5O3. The Balaban J connectivity index is 1.99. The van der Waals surface area contributed by atoms with Crippen LogP contribution in [0.1, 0.15) is 36.3 Å². The molecule has 1 aliphatic heterocycles. The molecule has 1 fully saturated rings. The summed E-state index contributed by atoms with van der Waals surface area (Å²) in [6.45, 7) is 5.68. The van der Waals surface area contributed by atoms with Crippen molar-refractivity contribution >= 4 is 17.8 Å². The summed E-state index contributed by atoms with van der Waals surface area (Å²) in [7, 11) is 1.85. The van der Waals surface area contributed by atoms with Crippen molar-refractivity contribution < 1.29 is 14.4 Å². The van der Waals surface area contributed by atoms with Crippen molar-refractivity contribution in [1.29, 1.82) is 0 Å². The largest absolute Gasteiger partial charge is 0.349 e. The lowest BCUT2D eigenvalue weighted by molar-refractivity contribution is -0.126. The predicted molar refractivity (Wildman–Crippen MR) is 74.3 cm³/mol. The molecule has 2 heterocycles. The van der Waals surface area contributed by atoms with E-state index in [-0.39, 0.29) is 18.4 Å². The Morgan fingerprint density at radius 3 is 2.57 bits per heavy atom. The summed E-state index contributed by atoms with van der Waals surface area (Å²) in [6.07, 6.45) is -0.0831. The van der Waals surface area contributed by atoms with Crippen LogP contribution in [0.5, 0.6) is 0 Å². The van der Waals surface area contributed by atoms with E-state index in [1.807, 2.05) is 27.8 Å². The first kappa shape index (κ1) is 15.0. The van der Waals surface area contributed by atoms with Gasteiger partial charge >= 0.3 is 6.03 Å². The summed E-state index contributed by atoms with van der Waals surface area (Å²) >= 11 is 0. The van der Waals surface area contributed by atoms with Gasteiger partial charge in [-0.05, 0) is 20.8 Å². The maximum Gasteiger partial charge on any atom is 0.322 e. The number of carbonyl (C=O) groups excluding carboxylic acids is 3. The number of imide groups is 1. The minimum atomic E-state index is -0.805. The number of rotatable bonds is 4. The first-order chi connectivity index (χ1) is 9.79. The third kappa shape index (κ3) is 3.04. The van der Waals surface area contributed by atoms with Crippen molar-refractivity contribution in [2.45, 2.75) is 39.3 Å². The number of carbonyl (C=O) groups is 3. The highest BCUT2D eigenvalue weighted by Crippen LogP contribution is 2.20. The lowest BCUT2D eigenvalue weighted by Crippen LogP contribution is -2.37. The third-order valence-electron chi connectivity index (χ3n) is 3.62. The number of aryl methyl sites for hydroxylation is 2. The van der Waals surface area contributed by atoms with Crippen molar-refractivity contribution in [2.24, 2.45) is 7.05 Å². The molecule has 0 spiro atoms. The second-order valence-electron chi connectivity index (χ2n) is 5.22. The number of aromatic nitrogens is 2. The van der Waals surface area contributed by atoms with Crippen LogP contribution in [-0.4, -0.2) is 33.7 Å². The van der Waals surface area contributed by atoms with E-state index in [1.54, 1.807) is 4.68 Å². The average molecular weight is 293 g/mol. The molecule has 1 saturated heterocycles. The highest BCUT2D eigenvalue weighted by atomic mass is 16.2. The van der Waals surface area contributed by atoms with Crippen LogP contribution in [0.4, 0.5) is 4.79 Å². The lowest BCUT2D eigenvalue weighted by Gasteiger charge is -2.16. The number of nitrogens with one attached hydrogen (secondary N) is 3. The van der Waals surface area contributed by atoms with Crippen LogP contribution in [-0.2, 0) is 16.6 Å².